The molecule has 0 aromatic heterocycles. The quantitative estimate of drug-likeness (QED) is 0.458. The molecule has 0 saturated carbocycles. The van der Waals surface area contributed by atoms with Crippen LogP contribution in [0.5, 0.6) is 17.2 Å². The topological polar surface area (TPSA) is 54.0 Å². The minimum absolute atomic E-state index is 0.194. The average Bonchev–Trinajstić information content (AvgIpc) is 2.89. The molecule has 0 atom stereocenters. The van der Waals surface area contributed by atoms with Gasteiger partial charge in [0, 0.05) is 12.5 Å². The molecular formula is C20H20O5. The molecule has 0 saturated heterocycles. The first kappa shape index (κ1) is 16.9. The number of para-hydroxylation sites is 1. The molecular weight excluding hydrogens is 320 g/mol. The molecule has 0 aliphatic carbocycles. The molecule has 2 aromatic rings. The second kappa shape index (κ2) is 8.78. The highest BCUT2D eigenvalue weighted by molar-refractivity contribution is 5.87. The van der Waals surface area contributed by atoms with E-state index < -0.39 is 5.97 Å². The number of hydrogen-bond acceptors (Lipinski definition) is 5. The minimum atomic E-state index is -0.413. The molecule has 0 bridgehead atoms. The number of rotatable bonds is 6. The fraction of sp³-hybridized carbons (Fsp3) is 0.250. The van der Waals surface area contributed by atoms with E-state index in [4.69, 9.17) is 18.9 Å². The molecule has 0 unspecified atom stereocenters. The zero-order valence-corrected chi connectivity index (χ0v) is 13.9. The molecule has 1 aliphatic rings. The summed E-state index contributed by atoms with van der Waals surface area (Å²) in [5, 5.41) is 0. The molecule has 25 heavy (non-hydrogen) atoms. The van der Waals surface area contributed by atoms with E-state index in [2.05, 4.69) is 0 Å². The van der Waals surface area contributed by atoms with Gasteiger partial charge in [-0.05, 0) is 35.9 Å². The number of benzene rings is 2. The Labute approximate surface area is 146 Å². The largest absolute Gasteiger partial charge is 0.490 e. The van der Waals surface area contributed by atoms with Crippen LogP contribution in [0.1, 0.15) is 12.0 Å². The molecule has 0 N–H and O–H groups in total. The van der Waals surface area contributed by atoms with Gasteiger partial charge in [0.1, 0.15) is 19.0 Å². The Morgan fingerprint density at radius 1 is 1.00 bits per heavy atom. The maximum absolute atomic E-state index is 11.8. The molecule has 3 rings (SSSR count). The van der Waals surface area contributed by atoms with Gasteiger partial charge in [0.25, 0.3) is 0 Å². The predicted octanol–water partition coefficient (Wildman–Crippen LogP) is 3.48. The number of hydrogen-bond donors (Lipinski definition) is 0. The predicted molar refractivity (Wildman–Crippen MR) is 94.0 cm³/mol. The summed E-state index contributed by atoms with van der Waals surface area (Å²) < 4.78 is 21.8. The lowest BCUT2D eigenvalue weighted by molar-refractivity contribution is -0.138. The maximum atomic E-state index is 11.8. The Bertz CT molecular complexity index is 724. The Hall–Kier alpha value is -2.95. The van der Waals surface area contributed by atoms with Crippen LogP contribution in [0.2, 0.25) is 0 Å². The highest BCUT2D eigenvalue weighted by Gasteiger charge is 2.09. The first-order chi connectivity index (χ1) is 12.3. The van der Waals surface area contributed by atoms with Gasteiger partial charge in [0.05, 0.1) is 13.2 Å². The fourth-order valence-electron chi connectivity index (χ4n) is 2.31. The second-order valence-corrected chi connectivity index (χ2v) is 5.42. The van der Waals surface area contributed by atoms with Gasteiger partial charge in [-0.15, -0.1) is 0 Å². The van der Waals surface area contributed by atoms with Crippen LogP contribution in [-0.4, -0.2) is 32.4 Å². The van der Waals surface area contributed by atoms with Gasteiger partial charge in [0.2, 0.25) is 0 Å². The van der Waals surface area contributed by atoms with Crippen molar-refractivity contribution in [1.29, 1.82) is 0 Å². The molecule has 0 amide bonds. The van der Waals surface area contributed by atoms with Crippen molar-refractivity contribution in [2.45, 2.75) is 6.42 Å². The molecule has 0 radical (unpaired) electrons. The van der Waals surface area contributed by atoms with E-state index in [0.717, 1.165) is 23.5 Å². The highest BCUT2D eigenvalue weighted by Crippen LogP contribution is 2.30. The fourth-order valence-corrected chi connectivity index (χ4v) is 2.31. The standard InChI is InChI=1S/C20H20O5/c21-20(25-14-13-22-17-5-2-1-3-6-17)10-8-16-7-9-18-19(15-16)24-12-4-11-23-18/h1-3,5-10,15H,4,11-14H2/b10-8+. The normalized spacial score (nSPS) is 13.3. The smallest absolute Gasteiger partial charge is 0.330 e. The van der Waals surface area contributed by atoms with Crippen molar-refractivity contribution in [1.82, 2.24) is 0 Å². The molecule has 2 aromatic carbocycles. The SMILES string of the molecule is O=C(/C=C/c1ccc2c(c1)OCCCO2)OCCOc1ccccc1. The number of carbonyl (C=O) groups excluding carboxylic acids is 1. The first-order valence-corrected chi connectivity index (χ1v) is 8.23. The molecule has 5 heteroatoms. The average molecular weight is 340 g/mol. The van der Waals surface area contributed by atoms with Crippen molar-refractivity contribution in [2.24, 2.45) is 0 Å². The van der Waals surface area contributed by atoms with E-state index in [-0.39, 0.29) is 6.61 Å². The lowest BCUT2D eigenvalue weighted by Gasteiger charge is -2.07. The van der Waals surface area contributed by atoms with Crippen LogP contribution in [0.15, 0.2) is 54.6 Å². The summed E-state index contributed by atoms with van der Waals surface area (Å²) in [6.45, 7) is 1.79. The zero-order valence-electron chi connectivity index (χ0n) is 13.9. The lowest BCUT2D eigenvalue weighted by atomic mass is 10.2. The summed E-state index contributed by atoms with van der Waals surface area (Å²) in [5.74, 6) is 1.77. The number of carbonyl (C=O) groups is 1. The van der Waals surface area contributed by atoms with E-state index in [9.17, 15) is 4.79 Å². The summed E-state index contributed by atoms with van der Waals surface area (Å²) in [6, 6.07) is 15.0. The van der Waals surface area contributed by atoms with Crippen molar-refractivity contribution in [2.75, 3.05) is 26.4 Å². The maximum Gasteiger partial charge on any atom is 0.330 e. The molecule has 5 nitrogen and oxygen atoms in total. The lowest BCUT2D eigenvalue weighted by Crippen LogP contribution is -2.10. The third-order valence-corrected chi connectivity index (χ3v) is 3.52. The van der Waals surface area contributed by atoms with E-state index in [1.807, 2.05) is 48.5 Å². The first-order valence-electron chi connectivity index (χ1n) is 8.23. The number of esters is 1. The summed E-state index contributed by atoms with van der Waals surface area (Å²) in [4.78, 5) is 11.8. The summed E-state index contributed by atoms with van der Waals surface area (Å²) in [7, 11) is 0. The molecule has 130 valence electrons. The van der Waals surface area contributed by atoms with Gasteiger partial charge in [-0.3, -0.25) is 0 Å². The van der Waals surface area contributed by atoms with Gasteiger partial charge in [0.15, 0.2) is 11.5 Å². The van der Waals surface area contributed by atoms with Crippen molar-refractivity contribution in [3.05, 3.63) is 60.2 Å². The summed E-state index contributed by atoms with van der Waals surface area (Å²) in [5.41, 5.74) is 0.849. The van der Waals surface area contributed by atoms with Crippen molar-refractivity contribution >= 4 is 12.0 Å². The Morgan fingerprint density at radius 2 is 1.80 bits per heavy atom. The molecule has 1 heterocycles. The highest BCUT2D eigenvalue weighted by atomic mass is 16.6. The number of ether oxygens (including phenoxy) is 4. The van der Waals surface area contributed by atoms with Crippen molar-refractivity contribution < 1.29 is 23.7 Å². The van der Waals surface area contributed by atoms with Crippen molar-refractivity contribution in [3.8, 4) is 17.2 Å². The van der Waals surface area contributed by atoms with Gasteiger partial charge < -0.3 is 18.9 Å². The summed E-state index contributed by atoms with van der Waals surface area (Å²) in [6.07, 6.45) is 3.94. The number of fused-ring (bicyclic) bond motifs is 1. The molecule has 0 spiro atoms. The van der Waals surface area contributed by atoms with Crippen LogP contribution in [-0.2, 0) is 9.53 Å². The van der Waals surface area contributed by atoms with Gasteiger partial charge in [-0.25, -0.2) is 4.79 Å². The molecule has 0 fully saturated rings. The Morgan fingerprint density at radius 3 is 2.64 bits per heavy atom. The minimum Gasteiger partial charge on any atom is -0.490 e. The van der Waals surface area contributed by atoms with Crippen LogP contribution < -0.4 is 14.2 Å². The molecule has 1 aliphatic heterocycles. The summed E-state index contributed by atoms with van der Waals surface area (Å²) >= 11 is 0. The second-order valence-electron chi connectivity index (χ2n) is 5.42. The van der Waals surface area contributed by atoms with Crippen LogP contribution >= 0.6 is 0 Å². The van der Waals surface area contributed by atoms with Crippen LogP contribution in [0.4, 0.5) is 0 Å². The Balaban J connectivity index is 1.45. The van der Waals surface area contributed by atoms with E-state index in [1.54, 1.807) is 6.08 Å². The third kappa shape index (κ3) is 5.28. The van der Waals surface area contributed by atoms with Gasteiger partial charge >= 0.3 is 5.97 Å². The van der Waals surface area contributed by atoms with E-state index >= 15 is 0 Å². The van der Waals surface area contributed by atoms with Crippen LogP contribution in [0.25, 0.3) is 6.08 Å². The Kier molecular flexibility index (Phi) is 5.93. The van der Waals surface area contributed by atoms with Gasteiger partial charge in [-0.2, -0.15) is 0 Å². The van der Waals surface area contributed by atoms with E-state index in [0.29, 0.717) is 25.6 Å². The van der Waals surface area contributed by atoms with Crippen LogP contribution in [0, 0.1) is 0 Å². The van der Waals surface area contributed by atoms with Crippen LogP contribution in [0.3, 0.4) is 0 Å². The van der Waals surface area contributed by atoms with Gasteiger partial charge in [-0.1, -0.05) is 24.3 Å². The third-order valence-electron chi connectivity index (χ3n) is 3.52. The van der Waals surface area contributed by atoms with Crippen molar-refractivity contribution in [3.63, 3.8) is 0 Å². The monoisotopic (exact) mass is 340 g/mol. The van der Waals surface area contributed by atoms with E-state index in [1.165, 1.54) is 6.08 Å². The zero-order chi connectivity index (χ0) is 17.3.